The normalized spacial score (nSPS) is 10.6. The van der Waals surface area contributed by atoms with Gasteiger partial charge in [0.2, 0.25) is 5.91 Å². The van der Waals surface area contributed by atoms with Crippen molar-refractivity contribution in [3.05, 3.63) is 70.2 Å². The van der Waals surface area contributed by atoms with Crippen molar-refractivity contribution in [2.24, 2.45) is 10.7 Å². The smallest absolute Gasteiger partial charge is 0.251 e. The highest BCUT2D eigenvalue weighted by Gasteiger charge is 2.06. The number of guanidine groups is 1. The number of hydrogen-bond donors (Lipinski definition) is 4. The summed E-state index contributed by atoms with van der Waals surface area (Å²) in [7, 11) is 0. The fourth-order valence-electron chi connectivity index (χ4n) is 2.33. The second-order valence-corrected chi connectivity index (χ2v) is 6.46. The molecule has 5 N–H and O–H groups in total. The lowest BCUT2D eigenvalue weighted by Gasteiger charge is -2.11. The zero-order chi connectivity index (χ0) is 20.4. The van der Waals surface area contributed by atoms with Crippen LogP contribution in [0.3, 0.4) is 0 Å². The molecule has 156 valence electrons. The summed E-state index contributed by atoms with van der Waals surface area (Å²) < 4.78 is 0. The average molecular weight is 530 g/mol. The van der Waals surface area contributed by atoms with E-state index in [9.17, 15) is 9.59 Å². The van der Waals surface area contributed by atoms with Crippen LogP contribution in [0.25, 0.3) is 0 Å². The predicted molar refractivity (Wildman–Crippen MR) is 126 cm³/mol. The summed E-state index contributed by atoms with van der Waals surface area (Å²) in [5, 5.41) is 9.62. The van der Waals surface area contributed by atoms with Crippen LogP contribution in [-0.2, 0) is 17.9 Å². The summed E-state index contributed by atoms with van der Waals surface area (Å²) in [4.78, 5) is 27.2. The Morgan fingerprint density at radius 3 is 2.17 bits per heavy atom. The first kappa shape index (κ1) is 24.7. The lowest BCUT2D eigenvalue weighted by molar-refractivity contribution is -0.117. The number of carbonyl (C=O) groups excluding carboxylic acids is 2. The number of carbonyl (C=O) groups is 2. The van der Waals surface area contributed by atoms with Crippen LogP contribution in [0, 0.1) is 0 Å². The van der Waals surface area contributed by atoms with E-state index in [4.69, 9.17) is 17.3 Å². The molecule has 0 atom stereocenters. The summed E-state index contributed by atoms with van der Waals surface area (Å²) >= 11 is 5.90. The number of hydrogen-bond acceptors (Lipinski definition) is 3. The SMILES string of the molecule is CCNC(=NCc1ccc(C(=O)NCC(N)=O)cc1)NCc1ccc(Cl)cc1.I. The molecule has 29 heavy (non-hydrogen) atoms. The predicted octanol–water partition coefficient (Wildman–Crippen LogP) is 2.43. The van der Waals surface area contributed by atoms with E-state index < -0.39 is 5.91 Å². The number of benzene rings is 2. The van der Waals surface area contributed by atoms with Crippen LogP contribution >= 0.6 is 35.6 Å². The monoisotopic (exact) mass is 529 g/mol. The molecular weight excluding hydrogens is 505 g/mol. The Bertz CT molecular complexity index is 826. The van der Waals surface area contributed by atoms with Gasteiger partial charge >= 0.3 is 0 Å². The van der Waals surface area contributed by atoms with E-state index in [0.717, 1.165) is 17.7 Å². The van der Waals surface area contributed by atoms with Crippen molar-refractivity contribution in [1.29, 1.82) is 0 Å². The number of rotatable bonds is 8. The van der Waals surface area contributed by atoms with Crippen molar-refractivity contribution in [2.45, 2.75) is 20.0 Å². The fraction of sp³-hybridized carbons (Fsp3) is 0.250. The summed E-state index contributed by atoms with van der Waals surface area (Å²) in [5.41, 5.74) is 7.53. The molecule has 0 fully saturated rings. The van der Waals surface area contributed by atoms with Gasteiger partial charge in [-0.1, -0.05) is 35.9 Å². The maximum absolute atomic E-state index is 11.9. The van der Waals surface area contributed by atoms with Crippen LogP contribution in [0.5, 0.6) is 0 Å². The Morgan fingerprint density at radius 1 is 0.966 bits per heavy atom. The number of halogens is 2. The molecule has 9 heteroatoms. The topological polar surface area (TPSA) is 109 Å². The van der Waals surface area contributed by atoms with Crippen LogP contribution < -0.4 is 21.7 Å². The molecule has 0 aliphatic heterocycles. The number of nitrogens with two attached hydrogens (primary N) is 1. The maximum atomic E-state index is 11.9. The van der Waals surface area contributed by atoms with Gasteiger partial charge in [0.1, 0.15) is 0 Å². The first-order valence-electron chi connectivity index (χ1n) is 8.90. The average Bonchev–Trinajstić information content (AvgIpc) is 2.70. The molecule has 0 unspecified atom stereocenters. The first-order chi connectivity index (χ1) is 13.5. The van der Waals surface area contributed by atoms with E-state index in [1.54, 1.807) is 12.1 Å². The van der Waals surface area contributed by atoms with Crippen LogP contribution in [0.15, 0.2) is 53.5 Å². The van der Waals surface area contributed by atoms with Gasteiger partial charge in [0, 0.05) is 23.7 Å². The van der Waals surface area contributed by atoms with Gasteiger partial charge in [-0.15, -0.1) is 24.0 Å². The van der Waals surface area contributed by atoms with Gasteiger partial charge in [0.05, 0.1) is 13.1 Å². The molecule has 0 bridgehead atoms. The van der Waals surface area contributed by atoms with Crippen molar-refractivity contribution >= 4 is 53.4 Å². The van der Waals surface area contributed by atoms with Crippen molar-refractivity contribution in [3.63, 3.8) is 0 Å². The third-order valence-corrected chi connectivity index (χ3v) is 4.03. The standard InChI is InChI=1S/C20H24ClN5O2.HI/c1-2-23-20(26-12-15-5-9-17(21)10-6-15)25-11-14-3-7-16(8-4-14)19(28)24-13-18(22)27;/h3-10H,2,11-13H2,1H3,(H2,22,27)(H,24,28)(H2,23,25,26);1H. The maximum Gasteiger partial charge on any atom is 0.251 e. The van der Waals surface area contributed by atoms with Crippen LogP contribution in [0.4, 0.5) is 0 Å². The second kappa shape index (κ2) is 13.0. The zero-order valence-corrected chi connectivity index (χ0v) is 19.2. The molecule has 0 aliphatic carbocycles. The van der Waals surface area contributed by atoms with Crippen molar-refractivity contribution in [2.75, 3.05) is 13.1 Å². The van der Waals surface area contributed by atoms with E-state index in [-0.39, 0.29) is 36.4 Å². The molecule has 2 aromatic rings. The highest BCUT2D eigenvalue weighted by molar-refractivity contribution is 14.0. The van der Waals surface area contributed by atoms with Crippen LogP contribution in [-0.4, -0.2) is 30.9 Å². The summed E-state index contributed by atoms with van der Waals surface area (Å²) in [6, 6.07) is 14.6. The van der Waals surface area contributed by atoms with E-state index in [1.807, 2.05) is 43.3 Å². The molecule has 0 aliphatic rings. The lowest BCUT2D eigenvalue weighted by atomic mass is 10.1. The van der Waals surface area contributed by atoms with Crippen LogP contribution in [0.2, 0.25) is 5.02 Å². The van der Waals surface area contributed by atoms with Crippen LogP contribution in [0.1, 0.15) is 28.4 Å². The molecular formula is C20H25ClIN5O2. The number of aliphatic imine (C=N–C) groups is 1. The summed E-state index contributed by atoms with van der Waals surface area (Å²) in [5.74, 6) is -0.228. The Labute approximate surface area is 192 Å². The quantitative estimate of drug-likeness (QED) is 0.239. The van der Waals surface area contributed by atoms with Crippen molar-refractivity contribution in [3.8, 4) is 0 Å². The third-order valence-electron chi connectivity index (χ3n) is 3.78. The molecule has 0 saturated carbocycles. The van der Waals surface area contributed by atoms with Crippen molar-refractivity contribution in [1.82, 2.24) is 16.0 Å². The fourth-order valence-corrected chi connectivity index (χ4v) is 2.46. The third kappa shape index (κ3) is 9.14. The summed E-state index contributed by atoms with van der Waals surface area (Å²) in [6.07, 6.45) is 0. The first-order valence-corrected chi connectivity index (χ1v) is 9.27. The molecule has 2 amide bonds. The second-order valence-electron chi connectivity index (χ2n) is 6.02. The Balaban J connectivity index is 0.00000420. The Morgan fingerprint density at radius 2 is 1.59 bits per heavy atom. The Kier molecular flexibility index (Phi) is 11.1. The van der Waals surface area contributed by atoms with Gasteiger partial charge in [-0.2, -0.15) is 0 Å². The minimum Gasteiger partial charge on any atom is -0.368 e. The van der Waals surface area contributed by atoms with E-state index in [2.05, 4.69) is 20.9 Å². The molecule has 0 aromatic heterocycles. The molecule has 0 spiro atoms. The number of amides is 2. The van der Waals surface area contributed by atoms with Gasteiger partial charge in [-0.05, 0) is 42.3 Å². The van der Waals surface area contributed by atoms with E-state index in [0.29, 0.717) is 29.6 Å². The molecule has 0 radical (unpaired) electrons. The highest BCUT2D eigenvalue weighted by Crippen LogP contribution is 2.09. The number of primary amides is 1. The highest BCUT2D eigenvalue weighted by atomic mass is 127. The number of nitrogens with one attached hydrogen (secondary N) is 3. The summed E-state index contributed by atoms with van der Waals surface area (Å²) in [6.45, 7) is 3.64. The molecule has 0 saturated heterocycles. The van der Waals surface area contributed by atoms with Gasteiger partial charge in [0.25, 0.3) is 5.91 Å². The Hall–Kier alpha value is -2.33. The van der Waals surface area contributed by atoms with Gasteiger partial charge in [-0.25, -0.2) is 4.99 Å². The largest absolute Gasteiger partial charge is 0.368 e. The molecule has 2 aromatic carbocycles. The van der Waals surface area contributed by atoms with E-state index in [1.165, 1.54) is 0 Å². The molecule has 2 rings (SSSR count). The molecule has 0 heterocycles. The minimum absolute atomic E-state index is 0. The van der Waals surface area contributed by atoms with Gasteiger partial charge < -0.3 is 21.7 Å². The number of nitrogens with zero attached hydrogens (tertiary/aromatic N) is 1. The van der Waals surface area contributed by atoms with E-state index >= 15 is 0 Å². The van der Waals surface area contributed by atoms with Gasteiger partial charge in [-0.3, -0.25) is 9.59 Å². The van der Waals surface area contributed by atoms with Crippen molar-refractivity contribution < 1.29 is 9.59 Å². The zero-order valence-electron chi connectivity index (χ0n) is 16.1. The van der Waals surface area contributed by atoms with Gasteiger partial charge in [0.15, 0.2) is 5.96 Å². The lowest BCUT2D eigenvalue weighted by Crippen LogP contribution is -2.36. The minimum atomic E-state index is -0.582. The molecule has 7 nitrogen and oxygen atoms in total.